The minimum Gasteiger partial charge on any atom is -0.358 e. The van der Waals surface area contributed by atoms with Gasteiger partial charge in [0.2, 0.25) is 24.0 Å². The van der Waals surface area contributed by atoms with Crippen LogP contribution in [0.15, 0.2) is 6.33 Å². The summed E-state index contributed by atoms with van der Waals surface area (Å²) in [5.74, 6) is -1.02. The Balaban J connectivity index is 2.19. The minimum absolute atomic E-state index is 0.148. The van der Waals surface area contributed by atoms with Gasteiger partial charge in [0.05, 0.1) is 0 Å². The molecule has 2 heterocycles. The van der Waals surface area contributed by atoms with Gasteiger partial charge in [-0.3, -0.25) is 19.5 Å². The lowest BCUT2D eigenvalue weighted by Gasteiger charge is -2.22. The van der Waals surface area contributed by atoms with E-state index in [0.717, 1.165) is 0 Å². The summed E-state index contributed by atoms with van der Waals surface area (Å²) in [6.07, 6.45) is 1.79. The van der Waals surface area contributed by atoms with Crippen molar-refractivity contribution in [1.29, 1.82) is 0 Å². The summed E-state index contributed by atoms with van der Waals surface area (Å²) in [7, 11) is 1.58. The van der Waals surface area contributed by atoms with E-state index in [1.807, 2.05) is 0 Å². The molecular weight excluding hydrogens is 242 g/mol. The number of carbonyl (C=O) groups excluding carboxylic acids is 2. The first-order chi connectivity index (χ1) is 8.49. The number of piperidine rings is 1. The number of amides is 2. The average Bonchev–Trinajstić information content (AvgIpc) is 2.64. The van der Waals surface area contributed by atoms with Crippen LogP contribution in [0.1, 0.15) is 12.8 Å². The van der Waals surface area contributed by atoms with Crippen molar-refractivity contribution in [3.8, 4) is 0 Å². The molecule has 2 amide bonds. The van der Waals surface area contributed by atoms with Crippen molar-refractivity contribution in [2.24, 2.45) is 7.05 Å². The molecule has 0 spiro atoms. The second-order valence-corrected chi connectivity index (χ2v) is 3.93. The number of carbonyl (C=O) groups is 2. The van der Waals surface area contributed by atoms with Gasteiger partial charge in [0.25, 0.3) is 0 Å². The molecule has 0 aliphatic carbocycles. The van der Waals surface area contributed by atoms with Crippen LogP contribution in [0.3, 0.4) is 0 Å². The van der Waals surface area contributed by atoms with E-state index in [1.165, 1.54) is 10.9 Å². The highest BCUT2D eigenvalue weighted by Crippen LogP contribution is 2.23. The molecule has 18 heavy (non-hydrogen) atoms. The SMILES string of the molecule is Cn1cnc([N+](=O)[O-])c1NC1CCC(=O)NC1=O. The lowest BCUT2D eigenvalue weighted by atomic mass is 10.1. The molecule has 0 bridgehead atoms. The van der Waals surface area contributed by atoms with Crippen LogP contribution in [0, 0.1) is 10.1 Å². The molecule has 0 radical (unpaired) electrons. The second kappa shape index (κ2) is 4.43. The van der Waals surface area contributed by atoms with Crippen molar-refractivity contribution >= 4 is 23.5 Å². The van der Waals surface area contributed by atoms with E-state index in [1.54, 1.807) is 7.05 Å². The number of rotatable bonds is 3. The molecule has 1 fully saturated rings. The lowest BCUT2D eigenvalue weighted by Crippen LogP contribution is -2.47. The standard InChI is InChI=1S/C9H11N5O4/c1-13-4-10-7(14(17)18)8(13)11-5-2-3-6(15)12-9(5)16/h4-5,11H,2-3H2,1H3,(H,12,15,16). The van der Waals surface area contributed by atoms with Crippen LogP contribution < -0.4 is 10.6 Å². The molecule has 9 nitrogen and oxygen atoms in total. The zero-order valence-corrected chi connectivity index (χ0v) is 9.54. The quantitative estimate of drug-likeness (QED) is 0.427. The van der Waals surface area contributed by atoms with Gasteiger partial charge in [-0.1, -0.05) is 0 Å². The Labute approximate surface area is 101 Å². The first-order valence-electron chi connectivity index (χ1n) is 5.25. The van der Waals surface area contributed by atoms with Crippen LogP contribution in [0.2, 0.25) is 0 Å². The van der Waals surface area contributed by atoms with Crippen molar-refractivity contribution in [2.75, 3.05) is 5.32 Å². The van der Waals surface area contributed by atoms with E-state index in [9.17, 15) is 19.7 Å². The summed E-state index contributed by atoms with van der Waals surface area (Å²) < 4.78 is 1.42. The number of nitro groups is 1. The van der Waals surface area contributed by atoms with Crippen molar-refractivity contribution in [3.63, 3.8) is 0 Å². The number of hydrogen-bond donors (Lipinski definition) is 2. The molecule has 1 aliphatic rings. The number of anilines is 1. The van der Waals surface area contributed by atoms with E-state index >= 15 is 0 Å². The Morgan fingerprint density at radius 3 is 2.94 bits per heavy atom. The molecule has 1 unspecified atom stereocenters. The number of nitrogens with one attached hydrogen (secondary N) is 2. The Morgan fingerprint density at radius 2 is 2.33 bits per heavy atom. The molecule has 2 N–H and O–H groups in total. The zero-order chi connectivity index (χ0) is 13.3. The van der Waals surface area contributed by atoms with Gasteiger partial charge in [-0.2, -0.15) is 0 Å². The largest absolute Gasteiger partial charge is 0.406 e. The molecule has 0 saturated carbocycles. The predicted octanol–water partition coefficient (Wildman–Crippen LogP) is -0.455. The van der Waals surface area contributed by atoms with Gasteiger partial charge in [0.15, 0.2) is 0 Å². The van der Waals surface area contributed by atoms with E-state index in [4.69, 9.17) is 0 Å². The van der Waals surface area contributed by atoms with Gasteiger partial charge in [-0.15, -0.1) is 0 Å². The number of hydrogen-bond acceptors (Lipinski definition) is 6. The summed E-state index contributed by atoms with van der Waals surface area (Å²) in [6, 6.07) is -0.670. The lowest BCUT2D eigenvalue weighted by molar-refractivity contribution is -0.388. The molecule has 96 valence electrons. The molecule has 1 aromatic rings. The highest BCUT2D eigenvalue weighted by atomic mass is 16.6. The van der Waals surface area contributed by atoms with Gasteiger partial charge in [-0.25, -0.2) is 0 Å². The fourth-order valence-electron chi connectivity index (χ4n) is 1.71. The van der Waals surface area contributed by atoms with Crippen molar-refractivity contribution in [1.82, 2.24) is 14.9 Å². The van der Waals surface area contributed by atoms with Crippen LogP contribution >= 0.6 is 0 Å². The zero-order valence-electron chi connectivity index (χ0n) is 9.54. The molecule has 2 rings (SSSR count). The third-order valence-electron chi connectivity index (χ3n) is 2.64. The van der Waals surface area contributed by atoms with Gasteiger partial charge in [-0.05, 0) is 16.3 Å². The van der Waals surface area contributed by atoms with Gasteiger partial charge in [0, 0.05) is 13.5 Å². The summed E-state index contributed by atoms with van der Waals surface area (Å²) in [4.78, 5) is 36.2. The van der Waals surface area contributed by atoms with Crippen LogP contribution in [-0.4, -0.2) is 32.3 Å². The topological polar surface area (TPSA) is 119 Å². The second-order valence-electron chi connectivity index (χ2n) is 3.93. The average molecular weight is 253 g/mol. The molecule has 0 aromatic carbocycles. The Kier molecular flexibility index (Phi) is 2.96. The van der Waals surface area contributed by atoms with Gasteiger partial charge < -0.3 is 15.4 Å². The third kappa shape index (κ3) is 2.14. The van der Waals surface area contributed by atoms with E-state index in [2.05, 4.69) is 15.6 Å². The molecule has 1 aromatic heterocycles. The van der Waals surface area contributed by atoms with Crippen LogP contribution in [0.5, 0.6) is 0 Å². The first-order valence-corrected chi connectivity index (χ1v) is 5.25. The maximum absolute atomic E-state index is 11.5. The van der Waals surface area contributed by atoms with Gasteiger partial charge >= 0.3 is 5.82 Å². The number of imide groups is 1. The van der Waals surface area contributed by atoms with Gasteiger partial charge in [0.1, 0.15) is 6.04 Å². The maximum Gasteiger partial charge on any atom is 0.406 e. The van der Waals surface area contributed by atoms with Crippen molar-refractivity contribution < 1.29 is 14.5 Å². The smallest absolute Gasteiger partial charge is 0.358 e. The number of aromatic nitrogens is 2. The summed E-state index contributed by atoms with van der Waals surface area (Å²) in [5.41, 5.74) is 0. The maximum atomic E-state index is 11.5. The number of nitrogens with zero attached hydrogens (tertiary/aromatic N) is 3. The van der Waals surface area contributed by atoms with Crippen molar-refractivity contribution in [2.45, 2.75) is 18.9 Å². The predicted molar refractivity (Wildman–Crippen MR) is 59.7 cm³/mol. The van der Waals surface area contributed by atoms with Crippen LogP contribution in [0.4, 0.5) is 11.6 Å². The fourth-order valence-corrected chi connectivity index (χ4v) is 1.71. The van der Waals surface area contributed by atoms with E-state index < -0.39 is 16.9 Å². The molecule has 9 heteroatoms. The highest BCUT2D eigenvalue weighted by molar-refractivity contribution is 6.01. The normalized spacial score (nSPS) is 19.5. The number of aryl methyl sites for hydroxylation is 1. The fraction of sp³-hybridized carbons (Fsp3) is 0.444. The summed E-state index contributed by atoms with van der Waals surface area (Å²) >= 11 is 0. The Hall–Kier alpha value is -2.45. The number of imidazole rings is 1. The van der Waals surface area contributed by atoms with Crippen LogP contribution in [0.25, 0.3) is 0 Å². The molecule has 1 saturated heterocycles. The molecule has 1 aliphatic heterocycles. The first kappa shape index (κ1) is 12.0. The third-order valence-corrected chi connectivity index (χ3v) is 2.64. The summed E-state index contributed by atoms with van der Waals surface area (Å²) in [6.45, 7) is 0. The Bertz CT molecular complexity index is 523. The van der Waals surface area contributed by atoms with Crippen molar-refractivity contribution in [3.05, 3.63) is 16.4 Å². The monoisotopic (exact) mass is 253 g/mol. The molecule has 1 atom stereocenters. The van der Waals surface area contributed by atoms with E-state index in [-0.39, 0.29) is 24.0 Å². The minimum atomic E-state index is -0.670. The highest BCUT2D eigenvalue weighted by Gasteiger charge is 2.30. The molecular formula is C9H11N5O4. The van der Waals surface area contributed by atoms with Crippen LogP contribution in [-0.2, 0) is 16.6 Å². The van der Waals surface area contributed by atoms with E-state index in [0.29, 0.717) is 6.42 Å². The summed E-state index contributed by atoms with van der Waals surface area (Å²) in [5, 5.41) is 15.7. The Morgan fingerprint density at radius 1 is 1.61 bits per heavy atom.